The Hall–Kier alpha value is -0.570. The summed E-state index contributed by atoms with van der Waals surface area (Å²) in [5.41, 5.74) is 0. The minimum Gasteiger partial charge on any atom is -0.466 e. The molecule has 2 rings (SSSR count). The van der Waals surface area contributed by atoms with E-state index >= 15 is 0 Å². The zero-order valence-electron chi connectivity index (χ0n) is 9.19. The van der Waals surface area contributed by atoms with Crippen LogP contribution in [0.25, 0.3) is 0 Å². The van der Waals surface area contributed by atoms with Gasteiger partial charge in [-0.05, 0) is 32.6 Å². The van der Waals surface area contributed by atoms with Crippen LogP contribution in [0.2, 0.25) is 0 Å². The molecule has 0 spiro atoms. The monoisotopic (exact) mass is 197 g/mol. The molecule has 0 aromatic carbocycles. The number of hydrogen-bond donors (Lipinski definition) is 0. The lowest BCUT2D eigenvalue weighted by Crippen LogP contribution is -2.32. The summed E-state index contributed by atoms with van der Waals surface area (Å²) >= 11 is 0. The van der Waals surface area contributed by atoms with Gasteiger partial charge in [-0.2, -0.15) is 0 Å². The lowest BCUT2D eigenvalue weighted by Gasteiger charge is -2.22. The van der Waals surface area contributed by atoms with Gasteiger partial charge in [0.1, 0.15) is 0 Å². The molecule has 3 atom stereocenters. The quantitative estimate of drug-likeness (QED) is 0.635. The molecule has 3 heteroatoms. The van der Waals surface area contributed by atoms with Gasteiger partial charge >= 0.3 is 5.97 Å². The van der Waals surface area contributed by atoms with Crippen molar-refractivity contribution in [2.75, 3.05) is 19.7 Å². The summed E-state index contributed by atoms with van der Waals surface area (Å²) < 4.78 is 5.04. The van der Waals surface area contributed by atoms with Crippen molar-refractivity contribution < 1.29 is 9.53 Å². The normalized spacial score (nSPS) is 35.9. The molecule has 1 unspecified atom stereocenters. The van der Waals surface area contributed by atoms with Crippen molar-refractivity contribution in [1.29, 1.82) is 0 Å². The summed E-state index contributed by atoms with van der Waals surface area (Å²) in [6.07, 6.45) is 0. The first-order chi connectivity index (χ1) is 6.65. The summed E-state index contributed by atoms with van der Waals surface area (Å²) in [6.45, 7) is 8.99. The van der Waals surface area contributed by atoms with Crippen LogP contribution in [-0.4, -0.2) is 36.6 Å². The Labute approximate surface area is 85.4 Å². The van der Waals surface area contributed by atoms with E-state index in [2.05, 4.69) is 18.7 Å². The van der Waals surface area contributed by atoms with Crippen LogP contribution in [0.4, 0.5) is 0 Å². The fourth-order valence-electron chi connectivity index (χ4n) is 2.57. The van der Waals surface area contributed by atoms with E-state index in [1.54, 1.807) is 0 Å². The van der Waals surface area contributed by atoms with E-state index in [-0.39, 0.29) is 11.9 Å². The molecule has 0 radical (unpaired) electrons. The SMILES string of the molecule is CCOC(=O)C1[C@H]2CN(C(C)C)C[C@@H]12. The molecular formula is C11H19NO2. The molecule has 2 fully saturated rings. The molecule has 0 aromatic heterocycles. The number of hydrogen-bond acceptors (Lipinski definition) is 3. The highest BCUT2D eigenvalue weighted by Crippen LogP contribution is 2.52. The number of carbonyl (C=O) groups excluding carboxylic acids is 1. The second-order valence-corrected chi connectivity index (χ2v) is 4.65. The number of fused-ring (bicyclic) bond motifs is 1. The van der Waals surface area contributed by atoms with Crippen LogP contribution in [-0.2, 0) is 9.53 Å². The Kier molecular flexibility index (Phi) is 2.52. The molecule has 3 nitrogen and oxygen atoms in total. The van der Waals surface area contributed by atoms with E-state index < -0.39 is 0 Å². The molecule has 1 saturated heterocycles. The van der Waals surface area contributed by atoms with Crippen molar-refractivity contribution in [3.8, 4) is 0 Å². The van der Waals surface area contributed by atoms with Gasteiger partial charge in [-0.3, -0.25) is 4.79 Å². The number of esters is 1. The minimum absolute atomic E-state index is 0.0332. The van der Waals surface area contributed by atoms with Crippen LogP contribution in [0, 0.1) is 17.8 Å². The maximum absolute atomic E-state index is 11.5. The second kappa shape index (κ2) is 3.54. The van der Waals surface area contributed by atoms with Crippen LogP contribution < -0.4 is 0 Å². The van der Waals surface area contributed by atoms with E-state index in [0.717, 1.165) is 13.1 Å². The van der Waals surface area contributed by atoms with Gasteiger partial charge in [0, 0.05) is 19.1 Å². The van der Waals surface area contributed by atoms with Crippen LogP contribution in [0.5, 0.6) is 0 Å². The topological polar surface area (TPSA) is 29.5 Å². The molecule has 14 heavy (non-hydrogen) atoms. The maximum atomic E-state index is 11.5. The highest BCUT2D eigenvalue weighted by molar-refractivity contribution is 5.77. The number of nitrogens with zero attached hydrogens (tertiary/aromatic N) is 1. The van der Waals surface area contributed by atoms with Crippen molar-refractivity contribution >= 4 is 5.97 Å². The maximum Gasteiger partial charge on any atom is 0.309 e. The molecule has 0 N–H and O–H groups in total. The number of rotatable bonds is 3. The van der Waals surface area contributed by atoms with E-state index in [4.69, 9.17) is 4.74 Å². The summed E-state index contributed by atoms with van der Waals surface area (Å²) in [5.74, 6) is 1.45. The average molecular weight is 197 g/mol. The third-order valence-corrected chi connectivity index (χ3v) is 3.51. The Morgan fingerprint density at radius 1 is 1.43 bits per heavy atom. The standard InChI is InChI=1S/C11H19NO2/c1-4-14-11(13)10-8-5-12(7(2)3)6-9(8)10/h7-10H,4-6H2,1-3H3/t8-,9+,10?. The zero-order valence-corrected chi connectivity index (χ0v) is 9.19. The van der Waals surface area contributed by atoms with E-state index in [1.807, 2.05) is 6.92 Å². The summed E-state index contributed by atoms with van der Waals surface area (Å²) in [6, 6.07) is 0.616. The first kappa shape index (κ1) is 9.97. The molecule has 1 saturated carbocycles. The Morgan fingerprint density at radius 3 is 2.43 bits per heavy atom. The van der Waals surface area contributed by atoms with Crippen LogP contribution in [0.15, 0.2) is 0 Å². The third-order valence-electron chi connectivity index (χ3n) is 3.51. The predicted octanol–water partition coefficient (Wildman–Crippen LogP) is 1.14. The van der Waals surface area contributed by atoms with Crippen LogP contribution >= 0.6 is 0 Å². The van der Waals surface area contributed by atoms with Gasteiger partial charge in [0.15, 0.2) is 0 Å². The molecule has 0 bridgehead atoms. The Bertz CT molecular complexity index is 227. The smallest absolute Gasteiger partial charge is 0.309 e. The number of ether oxygens (including phenoxy) is 1. The van der Waals surface area contributed by atoms with Gasteiger partial charge in [0.2, 0.25) is 0 Å². The van der Waals surface area contributed by atoms with Gasteiger partial charge in [0.05, 0.1) is 12.5 Å². The first-order valence-corrected chi connectivity index (χ1v) is 5.55. The van der Waals surface area contributed by atoms with Crippen molar-refractivity contribution in [2.24, 2.45) is 17.8 Å². The third kappa shape index (κ3) is 1.54. The molecule has 1 aliphatic heterocycles. The highest BCUT2D eigenvalue weighted by Gasteiger charge is 2.60. The fourth-order valence-corrected chi connectivity index (χ4v) is 2.57. The van der Waals surface area contributed by atoms with Gasteiger partial charge in [-0.1, -0.05) is 0 Å². The van der Waals surface area contributed by atoms with E-state index in [9.17, 15) is 4.79 Å². The first-order valence-electron chi connectivity index (χ1n) is 5.55. The number of carbonyl (C=O) groups is 1. The lowest BCUT2D eigenvalue weighted by atomic mass is 10.2. The Morgan fingerprint density at radius 2 is 2.00 bits per heavy atom. The molecule has 80 valence electrons. The predicted molar refractivity (Wildman–Crippen MR) is 53.8 cm³/mol. The van der Waals surface area contributed by atoms with Crippen molar-refractivity contribution in [2.45, 2.75) is 26.8 Å². The summed E-state index contributed by atoms with van der Waals surface area (Å²) in [7, 11) is 0. The van der Waals surface area contributed by atoms with Crippen molar-refractivity contribution in [3.05, 3.63) is 0 Å². The molecule has 0 aromatic rings. The number of likely N-dealkylation sites (tertiary alicyclic amines) is 1. The van der Waals surface area contributed by atoms with Gasteiger partial charge < -0.3 is 9.64 Å². The van der Waals surface area contributed by atoms with E-state index in [0.29, 0.717) is 24.5 Å². The Balaban J connectivity index is 1.82. The molecule has 1 heterocycles. The van der Waals surface area contributed by atoms with Crippen molar-refractivity contribution in [3.63, 3.8) is 0 Å². The van der Waals surface area contributed by atoms with Gasteiger partial charge in [-0.25, -0.2) is 0 Å². The molecule has 0 amide bonds. The second-order valence-electron chi connectivity index (χ2n) is 4.65. The average Bonchev–Trinajstić information content (AvgIpc) is 2.62. The van der Waals surface area contributed by atoms with Gasteiger partial charge in [-0.15, -0.1) is 0 Å². The largest absolute Gasteiger partial charge is 0.466 e. The minimum atomic E-state index is 0.0332. The molecule has 2 aliphatic rings. The highest BCUT2D eigenvalue weighted by atomic mass is 16.5. The molecular weight excluding hydrogens is 178 g/mol. The fraction of sp³-hybridized carbons (Fsp3) is 0.909. The van der Waals surface area contributed by atoms with E-state index in [1.165, 1.54) is 0 Å². The lowest BCUT2D eigenvalue weighted by molar-refractivity contribution is -0.145. The zero-order chi connectivity index (χ0) is 10.3. The van der Waals surface area contributed by atoms with Crippen LogP contribution in [0.3, 0.4) is 0 Å². The summed E-state index contributed by atoms with van der Waals surface area (Å²) in [5, 5.41) is 0. The molecule has 1 aliphatic carbocycles. The number of piperidine rings is 1. The summed E-state index contributed by atoms with van der Waals surface area (Å²) in [4.78, 5) is 13.9. The van der Waals surface area contributed by atoms with Gasteiger partial charge in [0.25, 0.3) is 0 Å². The van der Waals surface area contributed by atoms with Crippen LogP contribution in [0.1, 0.15) is 20.8 Å². The van der Waals surface area contributed by atoms with Crippen molar-refractivity contribution in [1.82, 2.24) is 4.90 Å².